The van der Waals surface area contributed by atoms with E-state index in [0.717, 1.165) is 0 Å². The van der Waals surface area contributed by atoms with Gasteiger partial charge in [-0.15, -0.1) is 0 Å². The standard InChI is InChI=1S/C22H26N2O2S/c1-15(2)18-10-12-20(13-11-18)21-17(4)22(24-27(21,25)26)23-14-16(3)19-8-6-5-7-9-19/h5-13,15-16H,14H2,1-4H3,(H,23,24)/t16-/m0/s1. The molecule has 0 aromatic heterocycles. The zero-order chi connectivity index (χ0) is 19.6. The van der Waals surface area contributed by atoms with Crippen LogP contribution in [0.5, 0.6) is 0 Å². The van der Waals surface area contributed by atoms with Crippen LogP contribution in [0.1, 0.15) is 56.2 Å². The third-order valence-corrected chi connectivity index (χ3v) is 6.47. The second-order valence-electron chi connectivity index (χ2n) is 7.34. The molecule has 142 valence electrons. The van der Waals surface area contributed by atoms with Gasteiger partial charge in [0.25, 0.3) is 10.0 Å². The number of benzene rings is 2. The lowest BCUT2D eigenvalue weighted by Crippen LogP contribution is -2.24. The van der Waals surface area contributed by atoms with Crippen LogP contribution in [0, 0.1) is 0 Å². The maximum Gasteiger partial charge on any atom is 0.264 e. The molecule has 1 N–H and O–H groups in total. The van der Waals surface area contributed by atoms with Gasteiger partial charge in [-0.05, 0) is 29.5 Å². The maximum absolute atomic E-state index is 12.7. The van der Waals surface area contributed by atoms with Crippen LogP contribution in [0.4, 0.5) is 0 Å². The van der Waals surface area contributed by atoms with E-state index < -0.39 is 10.0 Å². The molecule has 0 aliphatic carbocycles. The smallest absolute Gasteiger partial charge is 0.264 e. The first-order valence-corrected chi connectivity index (χ1v) is 10.7. The highest BCUT2D eigenvalue weighted by Gasteiger charge is 2.32. The first kappa shape index (κ1) is 19.4. The molecule has 1 aliphatic heterocycles. The highest BCUT2D eigenvalue weighted by atomic mass is 32.2. The first-order valence-electron chi connectivity index (χ1n) is 9.23. The van der Waals surface area contributed by atoms with E-state index in [1.165, 1.54) is 11.1 Å². The summed E-state index contributed by atoms with van der Waals surface area (Å²) in [5.74, 6) is 1.06. The van der Waals surface area contributed by atoms with E-state index in [-0.39, 0.29) is 5.92 Å². The van der Waals surface area contributed by atoms with Gasteiger partial charge in [-0.2, -0.15) is 0 Å². The highest BCUT2D eigenvalue weighted by Crippen LogP contribution is 2.31. The third-order valence-electron chi connectivity index (χ3n) is 4.93. The Bertz CT molecular complexity index is 973. The molecule has 27 heavy (non-hydrogen) atoms. The van der Waals surface area contributed by atoms with Gasteiger partial charge in [-0.25, -0.2) is 8.42 Å². The molecule has 0 unspecified atom stereocenters. The summed E-state index contributed by atoms with van der Waals surface area (Å²) in [7, 11) is -3.59. The lowest BCUT2D eigenvalue weighted by Gasteiger charge is -2.09. The van der Waals surface area contributed by atoms with Gasteiger partial charge >= 0.3 is 0 Å². The Morgan fingerprint density at radius 2 is 1.56 bits per heavy atom. The van der Waals surface area contributed by atoms with Gasteiger partial charge in [0, 0.05) is 18.0 Å². The van der Waals surface area contributed by atoms with E-state index in [9.17, 15) is 8.42 Å². The Kier molecular flexibility index (Phi) is 5.51. The maximum atomic E-state index is 12.7. The minimum Gasteiger partial charge on any atom is -0.267 e. The van der Waals surface area contributed by atoms with Crippen LogP contribution in [-0.2, 0) is 10.0 Å². The number of nitrogens with one attached hydrogen (secondary N) is 1. The van der Waals surface area contributed by atoms with E-state index in [2.05, 4.69) is 42.6 Å². The number of nitrogens with zero attached hydrogens (tertiary/aromatic N) is 1. The van der Waals surface area contributed by atoms with E-state index >= 15 is 0 Å². The molecular formula is C22H26N2O2S. The summed E-state index contributed by atoms with van der Waals surface area (Å²) in [6.07, 6.45) is 0. The van der Waals surface area contributed by atoms with Crippen LogP contribution in [0.3, 0.4) is 0 Å². The zero-order valence-corrected chi connectivity index (χ0v) is 17.0. The van der Waals surface area contributed by atoms with Crippen molar-refractivity contribution in [2.45, 2.75) is 39.5 Å². The number of sulfonamides is 1. The monoisotopic (exact) mass is 382 g/mol. The van der Waals surface area contributed by atoms with Crippen LogP contribution >= 0.6 is 0 Å². The van der Waals surface area contributed by atoms with Crippen LogP contribution in [0.25, 0.3) is 4.91 Å². The molecular weight excluding hydrogens is 356 g/mol. The van der Waals surface area contributed by atoms with Crippen molar-refractivity contribution in [3.05, 3.63) is 76.9 Å². The third kappa shape index (κ3) is 4.14. The average molecular weight is 383 g/mol. The molecule has 0 radical (unpaired) electrons. The summed E-state index contributed by atoms with van der Waals surface area (Å²) in [4.78, 5) is 4.89. The average Bonchev–Trinajstić information content (AvgIpc) is 2.88. The Morgan fingerprint density at radius 3 is 2.15 bits per heavy atom. The number of amidine groups is 1. The van der Waals surface area contributed by atoms with Crippen LogP contribution < -0.4 is 4.72 Å². The van der Waals surface area contributed by atoms with Gasteiger partial charge in [0.1, 0.15) is 10.7 Å². The lowest BCUT2D eigenvalue weighted by atomic mass is 10.0. The summed E-state index contributed by atoms with van der Waals surface area (Å²) in [5, 5.41) is 0. The van der Waals surface area contributed by atoms with Gasteiger partial charge in [0.2, 0.25) is 0 Å². The normalized spacial score (nSPS) is 18.8. The molecule has 0 fully saturated rings. The summed E-state index contributed by atoms with van der Waals surface area (Å²) in [6.45, 7) is 8.67. The predicted molar refractivity (Wildman–Crippen MR) is 112 cm³/mol. The molecule has 1 atom stereocenters. The molecule has 4 nitrogen and oxygen atoms in total. The summed E-state index contributed by atoms with van der Waals surface area (Å²) in [5.41, 5.74) is 3.75. The second-order valence-corrected chi connectivity index (χ2v) is 8.96. The Labute approximate surface area is 162 Å². The largest absolute Gasteiger partial charge is 0.267 e. The van der Waals surface area contributed by atoms with Crippen molar-refractivity contribution in [2.24, 2.45) is 4.99 Å². The van der Waals surface area contributed by atoms with Gasteiger partial charge < -0.3 is 0 Å². The number of aliphatic imine (C=N–C) groups is 1. The molecule has 0 saturated carbocycles. The van der Waals surface area contributed by atoms with E-state index in [1.54, 1.807) is 0 Å². The molecule has 3 rings (SSSR count). The van der Waals surface area contributed by atoms with E-state index in [0.29, 0.717) is 34.3 Å². The van der Waals surface area contributed by atoms with Gasteiger partial charge in [-0.3, -0.25) is 9.71 Å². The molecule has 0 saturated heterocycles. The Morgan fingerprint density at radius 1 is 0.926 bits per heavy atom. The molecule has 0 spiro atoms. The SMILES string of the molecule is CC1=C(c2ccc(C(C)C)cc2)S(=O)(=O)NC1=NC[C@H](C)c1ccccc1. The lowest BCUT2D eigenvalue weighted by molar-refractivity contribution is 0.603. The Balaban J connectivity index is 1.88. The van der Waals surface area contributed by atoms with E-state index in [4.69, 9.17) is 0 Å². The fourth-order valence-electron chi connectivity index (χ4n) is 3.22. The van der Waals surface area contributed by atoms with Crippen molar-refractivity contribution >= 4 is 20.8 Å². The number of hydrogen-bond donors (Lipinski definition) is 1. The van der Waals surface area contributed by atoms with Gasteiger partial charge in [0.15, 0.2) is 0 Å². The van der Waals surface area contributed by atoms with Crippen molar-refractivity contribution in [1.82, 2.24) is 4.72 Å². The van der Waals surface area contributed by atoms with Crippen molar-refractivity contribution < 1.29 is 8.42 Å². The molecule has 0 bridgehead atoms. The number of hydrogen-bond acceptors (Lipinski definition) is 3. The van der Waals surface area contributed by atoms with E-state index in [1.807, 2.05) is 49.4 Å². The fraction of sp³-hybridized carbons (Fsp3) is 0.318. The summed E-state index contributed by atoms with van der Waals surface area (Å²) in [6, 6.07) is 17.8. The van der Waals surface area contributed by atoms with Crippen LogP contribution in [0.2, 0.25) is 0 Å². The minimum absolute atomic E-state index is 0.213. The fourth-order valence-corrected chi connectivity index (χ4v) is 4.74. The van der Waals surface area contributed by atoms with Gasteiger partial charge in [0.05, 0.1) is 0 Å². The zero-order valence-electron chi connectivity index (χ0n) is 16.2. The Hall–Kier alpha value is -2.40. The molecule has 2 aromatic rings. The highest BCUT2D eigenvalue weighted by molar-refractivity contribution is 8.00. The van der Waals surface area contributed by atoms with Crippen molar-refractivity contribution in [3.8, 4) is 0 Å². The summed E-state index contributed by atoms with van der Waals surface area (Å²) < 4.78 is 28.0. The molecule has 1 heterocycles. The molecule has 0 amide bonds. The van der Waals surface area contributed by atoms with Crippen molar-refractivity contribution in [2.75, 3.05) is 6.54 Å². The van der Waals surface area contributed by atoms with Crippen molar-refractivity contribution in [3.63, 3.8) is 0 Å². The molecule has 2 aromatic carbocycles. The van der Waals surface area contributed by atoms with Crippen molar-refractivity contribution in [1.29, 1.82) is 0 Å². The number of rotatable bonds is 5. The van der Waals surface area contributed by atoms with Crippen LogP contribution in [-0.4, -0.2) is 20.8 Å². The molecule has 5 heteroatoms. The summed E-state index contributed by atoms with van der Waals surface area (Å²) >= 11 is 0. The van der Waals surface area contributed by atoms with Crippen LogP contribution in [0.15, 0.2) is 65.2 Å². The first-order chi connectivity index (χ1) is 12.8. The predicted octanol–water partition coefficient (Wildman–Crippen LogP) is 4.68. The van der Waals surface area contributed by atoms with Gasteiger partial charge in [-0.1, -0.05) is 75.4 Å². The minimum atomic E-state index is -3.59. The molecule has 1 aliphatic rings. The topological polar surface area (TPSA) is 58.5 Å². The second kappa shape index (κ2) is 7.69. The quantitative estimate of drug-likeness (QED) is 0.816.